The summed E-state index contributed by atoms with van der Waals surface area (Å²) in [5.41, 5.74) is 4.69. The van der Waals surface area contributed by atoms with E-state index in [4.69, 9.17) is 0 Å². The van der Waals surface area contributed by atoms with Crippen LogP contribution < -0.4 is 5.32 Å². The number of anilines is 1. The summed E-state index contributed by atoms with van der Waals surface area (Å²) in [6.07, 6.45) is 4.53. The van der Waals surface area contributed by atoms with Crippen molar-refractivity contribution in [2.24, 2.45) is 5.92 Å². The van der Waals surface area contributed by atoms with E-state index < -0.39 is 0 Å². The van der Waals surface area contributed by atoms with E-state index >= 15 is 0 Å². The summed E-state index contributed by atoms with van der Waals surface area (Å²) >= 11 is 1.74. The molecule has 3 nitrogen and oxygen atoms in total. The first-order chi connectivity index (χ1) is 11.1. The molecule has 1 aromatic carbocycles. The number of nitrogens with one attached hydrogen (secondary N) is 1. The molecule has 0 spiro atoms. The maximum atomic E-state index is 12.8. The highest BCUT2D eigenvalue weighted by molar-refractivity contribution is 7.11. The number of hydrogen-bond acceptors (Lipinski definition) is 3. The Balaban J connectivity index is 1.78. The normalized spacial score (nSPS) is 16.9. The Morgan fingerprint density at radius 2 is 2.00 bits per heavy atom. The molecule has 2 aromatic rings. The molecule has 1 aliphatic carbocycles. The van der Waals surface area contributed by atoms with Gasteiger partial charge in [-0.1, -0.05) is 32.0 Å². The van der Waals surface area contributed by atoms with Crippen molar-refractivity contribution in [2.45, 2.75) is 52.9 Å². The van der Waals surface area contributed by atoms with Crippen LogP contribution in [0.15, 0.2) is 18.2 Å². The van der Waals surface area contributed by atoms with Gasteiger partial charge in [-0.2, -0.15) is 0 Å². The molecule has 0 saturated heterocycles. The number of aromatic nitrogens is 1. The Labute approximate surface area is 142 Å². The first-order valence-corrected chi connectivity index (χ1v) is 9.30. The third-order valence-corrected chi connectivity index (χ3v) is 5.70. The first-order valence-electron chi connectivity index (χ1n) is 8.49. The fourth-order valence-electron chi connectivity index (χ4n) is 3.36. The Hall–Kier alpha value is -1.68. The highest BCUT2D eigenvalue weighted by atomic mass is 32.1. The molecule has 0 saturated carbocycles. The Bertz CT molecular complexity index is 698. The molecule has 1 aromatic heterocycles. The molecular weight excluding hydrogens is 304 g/mol. The summed E-state index contributed by atoms with van der Waals surface area (Å²) in [6.45, 7) is 6.32. The van der Waals surface area contributed by atoms with Gasteiger partial charge in [-0.3, -0.25) is 4.79 Å². The van der Waals surface area contributed by atoms with E-state index in [1.165, 1.54) is 21.7 Å². The Morgan fingerprint density at radius 3 is 2.65 bits per heavy atom. The zero-order valence-corrected chi connectivity index (χ0v) is 14.9. The van der Waals surface area contributed by atoms with Crippen molar-refractivity contribution in [2.75, 3.05) is 5.32 Å². The lowest BCUT2D eigenvalue weighted by atomic mass is 9.90. The van der Waals surface area contributed by atoms with E-state index in [1.54, 1.807) is 11.3 Å². The summed E-state index contributed by atoms with van der Waals surface area (Å²) in [4.78, 5) is 18.7. The van der Waals surface area contributed by atoms with Gasteiger partial charge in [-0.15, -0.1) is 11.3 Å². The van der Waals surface area contributed by atoms with Gasteiger partial charge in [-0.05, 0) is 50.2 Å². The predicted octanol–water partition coefficient (Wildman–Crippen LogP) is 4.32. The smallest absolute Gasteiger partial charge is 0.227 e. The monoisotopic (exact) mass is 328 g/mol. The van der Waals surface area contributed by atoms with Crippen molar-refractivity contribution in [3.05, 3.63) is 44.9 Å². The summed E-state index contributed by atoms with van der Waals surface area (Å²) in [6, 6.07) is 6.31. The number of nitrogens with zero attached hydrogens (tertiary/aromatic N) is 1. The molecule has 23 heavy (non-hydrogen) atoms. The summed E-state index contributed by atoms with van der Waals surface area (Å²) in [7, 11) is 0. The van der Waals surface area contributed by atoms with Crippen molar-refractivity contribution in [3.63, 3.8) is 0 Å². The number of carbonyl (C=O) groups excluding carboxylic acids is 1. The second-order valence-corrected chi connectivity index (χ2v) is 7.48. The summed E-state index contributed by atoms with van der Waals surface area (Å²) in [5.74, 6) is 0.231. The van der Waals surface area contributed by atoms with Gasteiger partial charge in [0.25, 0.3) is 0 Å². The van der Waals surface area contributed by atoms with Crippen LogP contribution in [-0.2, 0) is 30.5 Å². The highest BCUT2D eigenvalue weighted by Crippen LogP contribution is 2.31. The molecule has 122 valence electrons. The average Bonchev–Trinajstić information content (AvgIpc) is 2.93. The molecule has 0 aliphatic heterocycles. The second kappa shape index (κ2) is 6.83. The fourth-order valence-corrected chi connectivity index (χ4v) is 4.42. The van der Waals surface area contributed by atoms with Crippen molar-refractivity contribution < 1.29 is 4.79 Å². The third-order valence-electron chi connectivity index (χ3n) is 4.66. The van der Waals surface area contributed by atoms with Crippen LogP contribution in [0.1, 0.15) is 47.0 Å². The van der Waals surface area contributed by atoms with E-state index in [2.05, 4.69) is 42.3 Å². The first kappa shape index (κ1) is 16.2. The fraction of sp³-hybridized carbons (Fsp3) is 0.474. The van der Waals surface area contributed by atoms with Crippen LogP contribution in [0.3, 0.4) is 0 Å². The molecular formula is C19H24N2OS. The van der Waals surface area contributed by atoms with Gasteiger partial charge < -0.3 is 5.32 Å². The number of para-hydroxylation sites is 1. The number of hydrogen-bond donors (Lipinski definition) is 1. The van der Waals surface area contributed by atoms with Crippen molar-refractivity contribution in [1.29, 1.82) is 0 Å². The number of fused-ring (bicyclic) bond motifs is 1. The molecule has 0 bridgehead atoms. The van der Waals surface area contributed by atoms with Crippen LogP contribution in [0, 0.1) is 12.8 Å². The minimum atomic E-state index is 0.0666. The van der Waals surface area contributed by atoms with Crippen LogP contribution in [0.2, 0.25) is 0 Å². The molecule has 0 fully saturated rings. The number of thiazole rings is 1. The minimum Gasteiger partial charge on any atom is -0.325 e. The molecule has 3 rings (SSSR count). The van der Waals surface area contributed by atoms with Gasteiger partial charge in [0.15, 0.2) is 0 Å². The Morgan fingerprint density at radius 1 is 1.30 bits per heavy atom. The van der Waals surface area contributed by atoms with Crippen LogP contribution in [0.5, 0.6) is 0 Å². The predicted molar refractivity (Wildman–Crippen MR) is 96.2 cm³/mol. The lowest BCUT2D eigenvalue weighted by molar-refractivity contribution is -0.120. The number of carbonyl (C=O) groups is 1. The molecule has 1 unspecified atom stereocenters. The van der Waals surface area contributed by atoms with Crippen molar-refractivity contribution >= 4 is 22.9 Å². The number of rotatable bonds is 4. The molecule has 0 radical (unpaired) electrons. The zero-order valence-electron chi connectivity index (χ0n) is 14.1. The number of amides is 1. The van der Waals surface area contributed by atoms with E-state index in [-0.39, 0.29) is 11.8 Å². The standard InChI is InChI=1S/C19H24N2OS/c1-4-13-7-6-8-14(5-2)18(13)21-19(22)15-9-10-16-17(11-15)23-12(3)20-16/h6-8,15H,4-5,9-11H2,1-3H3,(H,21,22). The quantitative estimate of drug-likeness (QED) is 0.908. The second-order valence-electron chi connectivity index (χ2n) is 6.19. The molecule has 1 heterocycles. The molecule has 4 heteroatoms. The van der Waals surface area contributed by atoms with Crippen molar-refractivity contribution in [3.8, 4) is 0 Å². The summed E-state index contributed by atoms with van der Waals surface area (Å²) < 4.78 is 0. The number of aryl methyl sites for hydroxylation is 4. The van der Waals surface area contributed by atoms with Gasteiger partial charge in [0, 0.05) is 16.5 Å². The third kappa shape index (κ3) is 3.32. The topological polar surface area (TPSA) is 42.0 Å². The maximum absolute atomic E-state index is 12.8. The van der Waals surface area contributed by atoms with E-state index in [0.717, 1.165) is 42.8 Å². The largest absolute Gasteiger partial charge is 0.325 e. The van der Waals surface area contributed by atoms with Crippen molar-refractivity contribution in [1.82, 2.24) is 4.98 Å². The van der Waals surface area contributed by atoms with Gasteiger partial charge in [0.1, 0.15) is 0 Å². The van der Waals surface area contributed by atoms with Gasteiger partial charge in [-0.25, -0.2) is 4.98 Å². The van der Waals surface area contributed by atoms with Crippen LogP contribution in [-0.4, -0.2) is 10.9 Å². The molecule has 1 aliphatic rings. The lowest BCUT2D eigenvalue weighted by Crippen LogP contribution is -2.28. The van der Waals surface area contributed by atoms with Crippen LogP contribution >= 0.6 is 11.3 Å². The van der Waals surface area contributed by atoms with Gasteiger partial charge in [0.2, 0.25) is 5.91 Å². The van der Waals surface area contributed by atoms with Gasteiger partial charge in [0.05, 0.1) is 10.7 Å². The number of benzene rings is 1. The molecule has 1 atom stereocenters. The average molecular weight is 328 g/mol. The Kier molecular flexibility index (Phi) is 4.81. The van der Waals surface area contributed by atoms with Crippen LogP contribution in [0.25, 0.3) is 0 Å². The minimum absolute atomic E-state index is 0.0666. The molecule has 1 N–H and O–H groups in total. The highest BCUT2D eigenvalue weighted by Gasteiger charge is 2.27. The van der Waals surface area contributed by atoms with Gasteiger partial charge >= 0.3 is 0 Å². The SMILES string of the molecule is CCc1cccc(CC)c1NC(=O)C1CCc2nc(C)sc2C1. The van der Waals surface area contributed by atoms with E-state index in [1.807, 2.05) is 6.92 Å². The zero-order chi connectivity index (χ0) is 16.4. The maximum Gasteiger partial charge on any atom is 0.227 e. The van der Waals surface area contributed by atoms with E-state index in [9.17, 15) is 4.79 Å². The van der Waals surface area contributed by atoms with Crippen LogP contribution in [0.4, 0.5) is 5.69 Å². The lowest BCUT2D eigenvalue weighted by Gasteiger charge is -2.22. The molecule has 1 amide bonds. The summed E-state index contributed by atoms with van der Waals surface area (Å²) in [5, 5.41) is 4.35. The van der Waals surface area contributed by atoms with E-state index in [0.29, 0.717) is 0 Å².